The van der Waals surface area contributed by atoms with Gasteiger partial charge < -0.3 is 14.6 Å². The molecular formula is C84H142O5. The van der Waals surface area contributed by atoms with E-state index in [2.05, 4.69) is 160 Å². The number of ether oxygens (including phenoxy) is 2. The van der Waals surface area contributed by atoms with Gasteiger partial charge in [-0.15, -0.1) is 0 Å². The molecule has 0 aliphatic heterocycles. The van der Waals surface area contributed by atoms with E-state index < -0.39 is 6.10 Å². The van der Waals surface area contributed by atoms with Crippen LogP contribution in [0.5, 0.6) is 0 Å². The van der Waals surface area contributed by atoms with Crippen LogP contribution in [-0.2, 0) is 19.1 Å². The van der Waals surface area contributed by atoms with Crippen LogP contribution < -0.4 is 0 Å². The van der Waals surface area contributed by atoms with Crippen LogP contribution in [0.25, 0.3) is 0 Å². The number of aliphatic hydroxyl groups is 1. The maximum Gasteiger partial charge on any atom is 0.306 e. The molecule has 0 aliphatic carbocycles. The van der Waals surface area contributed by atoms with Gasteiger partial charge in [0.05, 0.1) is 6.61 Å². The number of unbranched alkanes of at least 4 members (excludes halogenated alkanes) is 37. The van der Waals surface area contributed by atoms with Crippen LogP contribution in [0.1, 0.15) is 354 Å². The highest BCUT2D eigenvalue weighted by Crippen LogP contribution is 2.18. The van der Waals surface area contributed by atoms with E-state index in [0.29, 0.717) is 12.8 Å². The van der Waals surface area contributed by atoms with Crippen molar-refractivity contribution in [1.29, 1.82) is 0 Å². The van der Waals surface area contributed by atoms with Crippen LogP contribution in [0.2, 0.25) is 0 Å². The van der Waals surface area contributed by atoms with Gasteiger partial charge in [-0.1, -0.05) is 384 Å². The van der Waals surface area contributed by atoms with Gasteiger partial charge in [-0.05, 0) is 103 Å². The van der Waals surface area contributed by atoms with Gasteiger partial charge in [0.15, 0.2) is 6.10 Å². The predicted molar refractivity (Wildman–Crippen MR) is 394 cm³/mol. The average molecular weight is 1230 g/mol. The van der Waals surface area contributed by atoms with Crippen molar-refractivity contribution in [2.75, 3.05) is 13.2 Å². The number of hydrogen-bond acceptors (Lipinski definition) is 5. The highest BCUT2D eigenvalue weighted by Gasteiger charge is 2.16. The van der Waals surface area contributed by atoms with Gasteiger partial charge in [-0.3, -0.25) is 9.59 Å². The zero-order chi connectivity index (χ0) is 64.0. The van der Waals surface area contributed by atoms with Gasteiger partial charge in [-0.25, -0.2) is 0 Å². The summed E-state index contributed by atoms with van der Waals surface area (Å²) >= 11 is 0. The molecule has 0 saturated heterocycles. The minimum atomic E-state index is -0.806. The third-order valence-corrected chi connectivity index (χ3v) is 16.4. The Bertz CT molecular complexity index is 1830. The van der Waals surface area contributed by atoms with Crippen LogP contribution in [0, 0.1) is 0 Å². The van der Waals surface area contributed by atoms with E-state index in [4.69, 9.17) is 9.47 Å². The Balaban J connectivity index is 3.56. The van der Waals surface area contributed by atoms with Crippen molar-refractivity contribution < 1.29 is 24.2 Å². The second kappa shape index (κ2) is 78.0. The molecule has 0 rings (SSSR count). The molecule has 0 aromatic rings. The highest BCUT2D eigenvalue weighted by molar-refractivity contribution is 5.70. The Hall–Kier alpha value is -4.22. The number of hydrogen-bond donors (Lipinski definition) is 1. The maximum absolute atomic E-state index is 12.4. The Morgan fingerprint density at radius 1 is 0.270 bits per heavy atom. The fourth-order valence-electron chi connectivity index (χ4n) is 10.8. The standard InChI is InChI=1S/C84H142O5/c1-3-5-7-9-11-13-15-17-19-21-23-25-27-29-31-33-35-37-39-41-42-43-45-47-49-51-53-55-57-59-61-63-65-67-69-71-73-75-77-79-84(87)89-82(80-85)81-88-83(86)78-76-74-72-70-68-66-64-62-60-58-56-54-52-50-48-46-44-40-38-36-34-32-30-28-26-24-22-20-18-16-14-12-10-8-6-4-2/h5,7,11,13,17,19,23,25,29,31,35,37,41-42,45,47,51,53,57,59,63,65,69,71,82,85H,3-4,6,8-10,12,14-16,18,20-22,24,26-28,30,32-34,36,38-40,43-44,46,48-50,52,54-56,58,60-62,64,66-68,70,72-81H2,1-2H3/b7-5-,13-11-,19-17-,25-23-,31-29-,37-35-,42-41-,47-45-,53-51-,59-57-,65-63-,71-69-. The summed E-state index contributed by atoms with van der Waals surface area (Å²) in [6.45, 7) is 4.02. The summed E-state index contributed by atoms with van der Waals surface area (Å²) in [5.74, 6) is -0.638. The molecule has 0 bridgehead atoms. The molecule has 0 fully saturated rings. The first-order chi connectivity index (χ1) is 44.1. The number of rotatable bonds is 69. The lowest BCUT2D eigenvalue weighted by atomic mass is 10.0. The molecule has 0 heterocycles. The molecule has 1 unspecified atom stereocenters. The minimum absolute atomic E-state index is 0.0888. The molecular weight excluding hydrogens is 1090 g/mol. The quantitative estimate of drug-likeness (QED) is 0.0373. The Morgan fingerprint density at radius 3 is 0.730 bits per heavy atom. The van der Waals surface area contributed by atoms with Crippen molar-refractivity contribution in [3.63, 3.8) is 0 Å². The molecule has 0 aromatic carbocycles. The predicted octanol–water partition coefficient (Wildman–Crippen LogP) is 26.8. The average Bonchev–Trinajstić information content (AvgIpc) is 3.55. The van der Waals surface area contributed by atoms with Gasteiger partial charge in [0.1, 0.15) is 6.61 Å². The molecule has 1 atom stereocenters. The zero-order valence-corrected chi connectivity index (χ0v) is 58.4. The SMILES string of the molecule is CC/C=C\C/C=C\C/C=C\C/C=C\C/C=C\C/C=C\C/C=C\C/C=C\C/C=C\C/C=C\C/C=C\C/C=C\CCCCC(=O)OC(CO)COC(=O)CCCCCCCCCCCCCCCCCCCCCCCCCCCCCCCCCCCCCC. The molecule has 1 N–H and O–H groups in total. The van der Waals surface area contributed by atoms with Crippen molar-refractivity contribution in [3.05, 3.63) is 146 Å². The first kappa shape index (κ1) is 84.8. The summed E-state index contributed by atoms with van der Waals surface area (Å²) in [4.78, 5) is 24.7. The van der Waals surface area contributed by atoms with Crippen LogP contribution in [-0.4, -0.2) is 36.4 Å². The Kier molecular flexibility index (Phi) is 74.3. The largest absolute Gasteiger partial charge is 0.462 e. The maximum atomic E-state index is 12.4. The molecule has 0 radical (unpaired) electrons. The summed E-state index contributed by atoms with van der Waals surface area (Å²) in [5, 5.41) is 9.71. The third-order valence-electron chi connectivity index (χ3n) is 16.4. The molecule has 5 nitrogen and oxygen atoms in total. The fourth-order valence-corrected chi connectivity index (χ4v) is 10.8. The molecule has 5 heteroatoms. The van der Waals surface area contributed by atoms with E-state index in [1.165, 1.54) is 212 Å². The lowest BCUT2D eigenvalue weighted by molar-refractivity contribution is -0.161. The van der Waals surface area contributed by atoms with Crippen molar-refractivity contribution >= 4 is 11.9 Å². The number of carbonyl (C=O) groups is 2. The topological polar surface area (TPSA) is 72.8 Å². The highest BCUT2D eigenvalue weighted by atomic mass is 16.6. The molecule has 0 saturated carbocycles. The summed E-state index contributed by atoms with van der Waals surface area (Å²) < 4.78 is 10.7. The number of carbonyl (C=O) groups excluding carboxylic acids is 2. The van der Waals surface area contributed by atoms with Crippen LogP contribution >= 0.6 is 0 Å². The minimum Gasteiger partial charge on any atom is -0.462 e. The normalized spacial score (nSPS) is 13.1. The lowest BCUT2D eigenvalue weighted by Crippen LogP contribution is -2.28. The number of esters is 2. The van der Waals surface area contributed by atoms with Gasteiger partial charge in [-0.2, -0.15) is 0 Å². The van der Waals surface area contributed by atoms with Gasteiger partial charge in [0.25, 0.3) is 0 Å². The molecule has 0 spiro atoms. The first-order valence-corrected chi connectivity index (χ1v) is 37.9. The van der Waals surface area contributed by atoms with Gasteiger partial charge in [0, 0.05) is 12.8 Å². The number of aliphatic hydroxyl groups excluding tert-OH is 1. The lowest BCUT2D eigenvalue weighted by Gasteiger charge is -2.15. The fraction of sp³-hybridized carbons (Fsp3) is 0.690. The van der Waals surface area contributed by atoms with Gasteiger partial charge in [0.2, 0.25) is 0 Å². The molecule has 508 valence electrons. The summed E-state index contributed by atoms with van der Waals surface area (Å²) in [6, 6.07) is 0. The van der Waals surface area contributed by atoms with Crippen LogP contribution in [0.15, 0.2) is 146 Å². The second-order valence-electron chi connectivity index (χ2n) is 25.0. The Morgan fingerprint density at radius 2 is 0.483 bits per heavy atom. The van der Waals surface area contributed by atoms with Crippen molar-refractivity contribution in [2.24, 2.45) is 0 Å². The van der Waals surface area contributed by atoms with Crippen LogP contribution in [0.4, 0.5) is 0 Å². The van der Waals surface area contributed by atoms with E-state index in [0.717, 1.165) is 116 Å². The van der Waals surface area contributed by atoms with Crippen molar-refractivity contribution in [3.8, 4) is 0 Å². The third kappa shape index (κ3) is 76.1. The Labute approximate surface area is 552 Å². The monoisotopic (exact) mass is 1230 g/mol. The summed E-state index contributed by atoms with van der Waals surface area (Å²) in [6.07, 6.45) is 118. The summed E-state index contributed by atoms with van der Waals surface area (Å²) in [5.41, 5.74) is 0. The van der Waals surface area contributed by atoms with Gasteiger partial charge >= 0.3 is 11.9 Å². The number of allylic oxidation sites excluding steroid dienone is 24. The van der Waals surface area contributed by atoms with E-state index in [9.17, 15) is 14.7 Å². The zero-order valence-electron chi connectivity index (χ0n) is 58.4. The first-order valence-electron chi connectivity index (χ1n) is 37.9. The van der Waals surface area contributed by atoms with Crippen molar-refractivity contribution in [1.82, 2.24) is 0 Å². The molecule has 0 aliphatic rings. The van der Waals surface area contributed by atoms with E-state index in [-0.39, 0.29) is 25.2 Å². The van der Waals surface area contributed by atoms with Crippen molar-refractivity contribution in [2.45, 2.75) is 360 Å². The smallest absolute Gasteiger partial charge is 0.306 e. The van der Waals surface area contributed by atoms with E-state index in [1.54, 1.807) is 0 Å². The molecule has 0 amide bonds. The second-order valence-corrected chi connectivity index (χ2v) is 25.0. The molecule has 89 heavy (non-hydrogen) atoms. The van der Waals surface area contributed by atoms with E-state index in [1.807, 2.05) is 0 Å². The van der Waals surface area contributed by atoms with E-state index >= 15 is 0 Å². The summed E-state index contributed by atoms with van der Waals surface area (Å²) in [7, 11) is 0. The molecule has 0 aromatic heterocycles. The van der Waals surface area contributed by atoms with Crippen LogP contribution in [0.3, 0.4) is 0 Å².